The lowest BCUT2D eigenvalue weighted by Gasteiger charge is -2.60. The Morgan fingerprint density at radius 3 is 2.52 bits per heavy atom. The molecule has 0 spiro atoms. The monoisotopic (exact) mass is 398 g/mol. The number of hydrogen-bond donors (Lipinski definition) is 1. The predicted molar refractivity (Wildman–Crippen MR) is 102 cm³/mol. The molecule has 0 aromatic carbocycles. The van der Waals surface area contributed by atoms with Gasteiger partial charge in [0, 0.05) is 11.8 Å². The van der Waals surface area contributed by atoms with Gasteiger partial charge in [0.2, 0.25) is 0 Å². The van der Waals surface area contributed by atoms with Crippen LogP contribution in [-0.2, 0) is 19.4 Å². The van der Waals surface area contributed by atoms with Crippen molar-refractivity contribution >= 4 is 16.2 Å². The molecule has 0 amide bonds. The first-order chi connectivity index (χ1) is 12.6. The van der Waals surface area contributed by atoms with E-state index in [1.807, 2.05) is 0 Å². The zero-order chi connectivity index (χ0) is 19.6. The Morgan fingerprint density at radius 1 is 1.11 bits per heavy atom. The molecule has 0 aliphatic heterocycles. The van der Waals surface area contributed by atoms with Crippen molar-refractivity contribution < 1.29 is 21.9 Å². The first kappa shape index (κ1) is 19.8. The van der Waals surface area contributed by atoms with E-state index in [-0.39, 0.29) is 23.5 Å². The van der Waals surface area contributed by atoms with Crippen LogP contribution in [0.3, 0.4) is 0 Å². The fourth-order valence-electron chi connectivity index (χ4n) is 8.08. The molecule has 0 aromatic heterocycles. The molecule has 4 fully saturated rings. The van der Waals surface area contributed by atoms with E-state index in [2.05, 4.69) is 20.8 Å². The average Bonchev–Trinajstić information content (AvgIpc) is 2.91. The van der Waals surface area contributed by atoms with Gasteiger partial charge in [0.1, 0.15) is 5.78 Å². The summed E-state index contributed by atoms with van der Waals surface area (Å²) in [5, 5.41) is 0. The van der Waals surface area contributed by atoms with Crippen molar-refractivity contribution in [3.63, 3.8) is 0 Å². The Bertz CT molecular complexity index is 718. The first-order valence-electron chi connectivity index (χ1n) is 10.8. The van der Waals surface area contributed by atoms with Crippen molar-refractivity contribution in [3.05, 3.63) is 0 Å². The Morgan fingerprint density at radius 2 is 1.85 bits per heavy atom. The number of ketones is 1. The van der Waals surface area contributed by atoms with Crippen LogP contribution in [0.2, 0.25) is 0 Å². The van der Waals surface area contributed by atoms with Crippen LogP contribution in [0.5, 0.6) is 0 Å². The van der Waals surface area contributed by atoms with E-state index in [0.29, 0.717) is 23.7 Å². The van der Waals surface area contributed by atoms with Crippen molar-refractivity contribution in [2.45, 2.75) is 84.7 Å². The molecule has 0 radical (unpaired) electrons. The van der Waals surface area contributed by atoms with Crippen LogP contribution in [-0.4, -0.2) is 24.9 Å². The highest BCUT2D eigenvalue weighted by atomic mass is 32.3. The lowest BCUT2D eigenvalue weighted by molar-refractivity contribution is -0.161. The highest BCUT2D eigenvalue weighted by molar-refractivity contribution is 7.80. The molecule has 4 aliphatic carbocycles. The third kappa shape index (κ3) is 3.01. The van der Waals surface area contributed by atoms with Crippen molar-refractivity contribution in [2.75, 3.05) is 0 Å². The van der Waals surface area contributed by atoms with Gasteiger partial charge in [-0.3, -0.25) is 9.35 Å². The van der Waals surface area contributed by atoms with Crippen LogP contribution in [0.4, 0.5) is 0 Å². The molecule has 0 unspecified atom stereocenters. The van der Waals surface area contributed by atoms with Gasteiger partial charge in [0.05, 0.1) is 6.10 Å². The number of carbonyl (C=O) groups excluding carboxylic acids is 1. The molecule has 8 atom stereocenters. The van der Waals surface area contributed by atoms with Gasteiger partial charge in [-0.05, 0) is 80.0 Å². The van der Waals surface area contributed by atoms with Crippen molar-refractivity contribution in [2.24, 2.45) is 40.4 Å². The summed E-state index contributed by atoms with van der Waals surface area (Å²) in [6.07, 6.45) is 8.32. The maximum atomic E-state index is 13.2. The summed E-state index contributed by atoms with van der Waals surface area (Å²) in [6, 6.07) is 0. The first-order valence-corrected chi connectivity index (χ1v) is 12.1. The molecule has 154 valence electrons. The van der Waals surface area contributed by atoms with Crippen LogP contribution >= 0.6 is 0 Å². The fraction of sp³-hybridized carbons (Fsp3) is 0.952. The Kier molecular flexibility index (Phi) is 4.80. The third-order valence-corrected chi connectivity index (χ3v) is 9.93. The smallest absolute Gasteiger partial charge is 0.299 e. The number of Topliss-reactive ketones (excluding diaryl/α,β-unsaturated/α-hetero) is 1. The van der Waals surface area contributed by atoms with Crippen molar-refractivity contribution in [1.29, 1.82) is 0 Å². The van der Waals surface area contributed by atoms with E-state index in [1.54, 1.807) is 0 Å². The molecule has 5 nitrogen and oxygen atoms in total. The summed E-state index contributed by atoms with van der Waals surface area (Å²) in [6.45, 7) is 6.97. The molecule has 4 aliphatic rings. The zero-order valence-corrected chi connectivity index (χ0v) is 17.6. The highest BCUT2D eigenvalue weighted by Crippen LogP contribution is 2.67. The molecule has 4 saturated carbocycles. The van der Waals surface area contributed by atoms with Gasteiger partial charge in [-0.15, -0.1) is 0 Å². The number of carbonyl (C=O) groups is 1. The normalized spacial score (nSPS) is 50.0. The molecule has 0 bridgehead atoms. The molecule has 1 N–H and O–H groups in total. The van der Waals surface area contributed by atoms with Gasteiger partial charge < -0.3 is 0 Å². The number of rotatable bonds is 3. The summed E-state index contributed by atoms with van der Waals surface area (Å²) in [4.78, 5) is 13.2. The number of hydrogen-bond acceptors (Lipinski definition) is 4. The predicted octanol–water partition coefficient (Wildman–Crippen LogP) is 4.42. The molecular formula is C21H34O5S. The van der Waals surface area contributed by atoms with Gasteiger partial charge in [-0.25, -0.2) is 4.18 Å². The lowest BCUT2D eigenvalue weighted by Crippen LogP contribution is -2.58. The molecular weight excluding hydrogens is 364 g/mol. The minimum atomic E-state index is -4.51. The highest BCUT2D eigenvalue weighted by Gasteiger charge is 2.62. The fourth-order valence-corrected chi connectivity index (χ4v) is 8.57. The van der Waals surface area contributed by atoms with Gasteiger partial charge in [-0.1, -0.05) is 27.2 Å². The van der Waals surface area contributed by atoms with Crippen LogP contribution in [0.1, 0.15) is 78.6 Å². The van der Waals surface area contributed by atoms with Gasteiger partial charge in [0.15, 0.2) is 0 Å². The Balaban J connectivity index is 1.58. The van der Waals surface area contributed by atoms with Crippen molar-refractivity contribution in [3.8, 4) is 0 Å². The summed E-state index contributed by atoms with van der Waals surface area (Å²) in [5.41, 5.74) is 0.0844. The van der Waals surface area contributed by atoms with E-state index in [4.69, 9.17) is 8.74 Å². The second-order valence-electron chi connectivity index (χ2n) is 10.2. The zero-order valence-electron chi connectivity index (χ0n) is 16.8. The summed E-state index contributed by atoms with van der Waals surface area (Å²) >= 11 is 0. The van der Waals surface area contributed by atoms with E-state index in [9.17, 15) is 13.2 Å². The lowest BCUT2D eigenvalue weighted by atomic mass is 9.44. The largest absolute Gasteiger partial charge is 0.397 e. The Hall–Kier alpha value is -0.460. The molecule has 4 rings (SSSR count). The second-order valence-corrected chi connectivity index (χ2v) is 11.2. The molecule has 0 heterocycles. The second kappa shape index (κ2) is 6.53. The van der Waals surface area contributed by atoms with Gasteiger partial charge in [-0.2, -0.15) is 8.42 Å². The average molecular weight is 399 g/mol. The summed E-state index contributed by atoms with van der Waals surface area (Å²) in [5.74, 6) is 2.92. The summed E-state index contributed by atoms with van der Waals surface area (Å²) in [7, 11) is -4.51. The topological polar surface area (TPSA) is 80.7 Å². The maximum Gasteiger partial charge on any atom is 0.397 e. The minimum absolute atomic E-state index is 0.107. The van der Waals surface area contributed by atoms with Gasteiger partial charge >= 0.3 is 10.4 Å². The van der Waals surface area contributed by atoms with Crippen molar-refractivity contribution in [1.82, 2.24) is 0 Å². The Labute approximate surface area is 163 Å². The van der Waals surface area contributed by atoms with Crippen LogP contribution in [0, 0.1) is 40.4 Å². The van der Waals surface area contributed by atoms with Crippen LogP contribution in [0.15, 0.2) is 0 Å². The van der Waals surface area contributed by atoms with Crippen LogP contribution < -0.4 is 0 Å². The van der Waals surface area contributed by atoms with Gasteiger partial charge in [0.25, 0.3) is 0 Å². The van der Waals surface area contributed by atoms with E-state index in [1.165, 1.54) is 25.7 Å². The van der Waals surface area contributed by atoms with E-state index < -0.39 is 16.5 Å². The molecule has 27 heavy (non-hydrogen) atoms. The molecule has 0 saturated heterocycles. The maximum absolute atomic E-state index is 13.2. The SMILES string of the molecule is CC[C@H]1CC[C@H]2[C@@H]3CC[C@@H]4C[C@@H](OS(=O)(=O)O)CC(=O)[C@]4(C)[C@H]3CC[C@]12C. The summed E-state index contributed by atoms with van der Waals surface area (Å²) < 4.78 is 36.1. The standard InChI is InChI=1S/C21H34O5S/c1-4-13-6-8-17-16-7-5-14-11-15(26-27(23,24)25)12-19(22)21(14,3)18(16)9-10-20(13,17)2/h13-18H,4-12H2,1-3H3,(H,23,24,25)/t13-,14+,15+,16-,17-,18-,20+,21-/m0/s1. The van der Waals surface area contributed by atoms with E-state index in [0.717, 1.165) is 31.1 Å². The minimum Gasteiger partial charge on any atom is -0.299 e. The van der Waals surface area contributed by atoms with E-state index >= 15 is 0 Å². The third-order valence-electron chi connectivity index (χ3n) is 9.41. The van der Waals surface area contributed by atoms with Crippen LogP contribution in [0.25, 0.3) is 0 Å². The molecule has 6 heteroatoms. The quantitative estimate of drug-likeness (QED) is 0.712. The number of fused-ring (bicyclic) bond motifs is 5. The molecule has 0 aromatic rings.